The lowest BCUT2D eigenvalue weighted by atomic mass is 9.85. The average Bonchev–Trinajstić information content (AvgIpc) is 2.22. The zero-order chi connectivity index (χ0) is 10.7. The van der Waals surface area contributed by atoms with Gasteiger partial charge < -0.3 is 10.5 Å². The summed E-state index contributed by atoms with van der Waals surface area (Å²) in [5, 5.41) is 0. The van der Waals surface area contributed by atoms with Crippen LogP contribution in [0, 0.1) is 0 Å². The number of ether oxygens (including phenoxy) is 1. The summed E-state index contributed by atoms with van der Waals surface area (Å²) in [5.41, 5.74) is 7.58. The first-order valence-corrected chi connectivity index (χ1v) is 6.08. The van der Waals surface area contributed by atoms with Crippen LogP contribution in [-0.2, 0) is 11.2 Å². The van der Waals surface area contributed by atoms with Crippen LogP contribution in [0.4, 0.5) is 0 Å². The van der Waals surface area contributed by atoms with Crippen LogP contribution in [0.5, 0.6) is 0 Å². The molecule has 0 aromatic heterocycles. The van der Waals surface area contributed by atoms with Gasteiger partial charge in [-0.05, 0) is 37.0 Å². The second kappa shape index (κ2) is 6.01. The third kappa shape index (κ3) is 3.74. The topological polar surface area (TPSA) is 35.2 Å². The van der Waals surface area contributed by atoms with Gasteiger partial charge in [0, 0.05) is 23.2 Å². The Labute approximate surface area is 111 Å². The van der Waals surface area contributed by atoms with E-state index in [9.17, 15) is 0 Å². The number of halogens is 2. The normalized spacial score (nSPS) is 18.9. The Morgan fingerprint density at radius 2 is 1.75 bits per heavy atom. The van der Waals surface area contributed by atoms with Crippen molar-refractivity contribution in [1.82, 2.24) is 0 Å². The highest BCUT2D eigenvalue weighted by molar-refractivity contribution is 9.10. The number of benzene rings is 1. The van der Waals surface area contributed by atoms with Crippen molar-refractivity contribution in [3.8, 4) is 0 Å². The Morgan fingerprint density at radius 3 is 2.31 bits per heavy atom. The fraction of sp³-hybridized carbons (Fsp3) is 0.500. The van der Waals surface area contributed by atoms with E-state index in [0.717, 1.165) is 36.9 Å². The summed E-state index contributed by atoms with van der Waals surface area (Å²) in [6.45, 7) is 1.60. The molecule has 1 aromatic carbocycles. The number of nitrogens with two attached hydrogens (primary N) is 1. The van der Waals surface area contributed by atoms with Gasteiger partial charge in [-0.15, -0.1) is 12.4 Å². The molecule has 0 amide bonds. The van der Waals surface area contributed by atoms with Crippen molar-refractivity contribution in [3.05, 3.63) is 34.3 Å². The third-order valence-corrected chi connectivity index (χ3v) is 3.49. The average molecular weight is 307 g/mol. The fourth-order valence-electron chi connectivity index (χ4n) is 1.96. The van der Waals surface area contributed by atoms with Crippen molar-refractivity contribution in [1.29, 1.82) is 0 Å². The molecule has 16 heavy (non-hydrogen) atoms. The van der Waals surface area contributed by atoms with Crippen molar-refractivity contribution < 1.29 is 4.74 Å². The van der Waals surface area contributed by atoms with Crippen molar-refractivity contribution >= 4 is 28.3 Å². The molecule has 0 bridgehead atoms. The van der Waals surface area contributed by atoms with Crippen LogP contribution in [0.3, 0.4) is 0 Å². The van der Waals surface area contributed by atoms with Crippen LogP contribution in [0.1, 0.15) is 18.4 Å². The maximum absolute atomic E-state index is 6.34. The van der Waals surface area contributed by atoms with Gasteiger partial charge in [-0.25, -0.2) is 0 Å². The lowest BCUT2D eigenvalue weighted by Crippen LogP contribution is -2.46. The molecule has 1 heterocycles. The largest absolute Gasteiger partial charge is 0.381 e. The van der Waals surface area contributed by atoms with E-state index >= 15 is 0 Å². The zero-order valence-electron chi connectivity index (χ0n) is 9.12. The first kappa shape index (κ1) is 14.0. The molecule has 2 rings (SSSR count). The Kier molecular flexibility index (Phi) is 5.25. The monoisotopic (exact) mass is 305 g/mol. The number of hydrogen-bond donors (Lipinski definition) is 1. The van der Waals surface area contributed by atoms with E-state index in [1.54, 1.807) is 0 Å². The zero-order valence-corrected chi connectivity index (χ0v) is 11.5. The van der Waals surface area contributed by atoms with Gasteiger partial charge in [-0.1, -0.05) is 28.1 Å². The molecule has 1 fully saturated rings. The van der Waals surface area contributed by atoms with Gasteiger partial charge in [0.1, 0.15) is 0 Å². The molecule has 0 unspecified atom stereocenters. The second-order valence-corrected chi connectivity index (χ2v) is 5.19. The van der Waals surface area contributed by atoms with Gasteiger partial charge in [0.2, 0.25) is 0 Å². The van der Waals surface area contributed by atoms with Crippen LogP contribution < -0.4 is 5.73 Å². The minimum absolute atomic E-state index is 0. The van der Waals surface area contributed by atoms with E-state index < -0.39 is 0 Å². The van der Waals surface area contributed by atoms with E-state index in [1.807, 2.05) is 0 Å². The molecule has 1 saturated heterocycles. The quantitative estimate of drug-likeness (QED) is 0.912. The van der Waals surface area contributed by atoms with Crippen LogP contribution in [-0.4, -0.2) is 18.8 Å². The highest BCUT2D eigenvalue weighted by Gasteiger charge is 2.27. The Hall–Kier alpha value is -0.0900. The van der Waals surface area contributed by atoms with E-state index in [-0.39, 0.29) is 17.9 Å². The smallest absolute Gasteiger partial charge is 0.0483 e. The molecule has 1 aliphatic rings. The molecule has 0 saturated carbocycles. The molecule has 2 nitrogen and oxygen atoms in total. The minimum Gasteiger partial charge on any atom is -0.381 e. The summed E-state index contributed by atoms with van der Waals surface area (Å²) in [6.07, 6.45) is 2.87. The Morgan fingerprint density at radius 1 is 1.19 bits per heavy atom. The van der Waals surface area contributed by atoms with Gasteiger partial charge in [0.15, 0.2) is 0 Å². The van der Waals surface area contributed by atoms with Crippen molar-refractivity contribution in [2.24, 2.45) is 5.73 Å². The molecular weight excluding hydrogens is 289 g/mol. The van der Waals surface area contributed by atoms with Crippen LogP contribution in [0.25, 0.3) is 0 Å². The van der Waals surface area contributed by atoms with Crippen molar-refractivity contribution in [3.63, 3.8) is 0 Å². The highest BCUT2D eigenvalue weighted by Crippen LogP contribution is 2.23. The summed E-state index contributed by atoms with van der Waals surface area (Å²) in [4.78, 5) is 0. The van der Waals surface area contributed by atoms with Gasteiger partial charge in [0.05, 0.1) is 0 Å². The standard InChI is InChI=1S/C12H16BrNO.ClH/c13-11-3-1-10(2-4-11)9-12(14)5-7-15-8-6-12;/h1-4H,5-9,14H2;1H. The summed E-state index contributed by atoms with van der Waals surface area (Å²) in [7, 11) is 0. The van der Waals surface area contributed by atoms with Crippen molar-refractivity contribution in [2.45, 2.75) is 24.8 Å². The third-order valence-electron chi connectivity index (χ3n) is 2.96. The lowest BCUT2D eigenvalue weighted by Gasteiger charge is -2.33. The number of rotatable bonds is 2. The molecule has 1 aliphatic heterocycles. The Balaban J connectivity index is 0.00000128. The van der Waals surface area contributed by atoms with Gasteiger partial charge in [-0.2, -0.15) is 0 Å². The summed E-state index contributed by atoms with van der Waals surface area (Å²) < 4.78 is 6.45. The van der Waals surface area contributed by atoms with E-state index in [0.29, 0.717) is 0 Å². The summed E-state index contributed by atoms with van der Waals surface area (Å²) in [5.74, 6) is 0. The summed E-state index contributed by atoms with van der Waals surface area (Å²) in [6, 6.07) is 8.40. The predicted octanol–water partition coefficient (Wildman–Crippen LogP) is 2.92. The molecule has 0 aliphatic carbocycles. The lowest BCUT2D eigenvalue weighted by molar-refractivity contribution is 0.0533. The summed E-state index contributed by atoms with van der Waals surface area (Å²) >= 11 is 3.43. The van der Waals surface area contributed by atoms with Crippen molar-refractivity contribution in [2.75, 3.05) is 13.2 Å². The maximum Gasteiger partial charge on any atom is 0.0483 e. The van der Waals surface area contributed by atoms with Crippen LogP contribution in [0.15, 0.2) is 28.7 Å². The van der Waals surface area contributed by atoms with E-state index in [2.05, 4.69) is 40.2 Å². The first-order valence-electron chi connectivity index (χ1n) is 5.29. The Bertz CT molecular complexity index is 322. The number of hydrogen-bond acceptors (Lipinski definition) is 2. The first-order chi connectivity index (χ1) is 7.18. The van der Waals surface area contributed by atoms with Crippen LogP contribution >= 0.6 is 28.3 Å². The highest BCUT2D eigenvalue weighted by atomic mass is 79.9. The maximum atomic E-state index is 6.34. The van der Waals surface area contributed by atoms with Gasteiger partial charge >= 0.3 is 0 Å². The van der Waals surface area contributed by atoms with Gasteiger partial charge in [-0.3, -0.25) is 0 Å². The SMILES string of the molecule is Cl.NC1(Cc2ccc(Br)cc2)CCOCC1. The van der Waals surface area contributed by atoms with Gasteiger partial charge in [0.25, 0.3) is 0 Å². The van der Waals surface area contributed by atoms with E-state index in [4.69, 9.17) is 10.5 Å². The predicted molar refractivity (Wildman–Crippen MR) is 72.1 cm³/mol. The molecule has 0 spiro atoms. The van der Waals surface area contributed by atoms with E-state index in [1.165, 1.54) is 5.56 Å². The molecule has 90 valence electrons. The molecule has 1 aromatic rings. The molecular formula is C12H17BrClNO. The molecule has 2 N–H and O–H groups in total. The molecule has 0 radical (unpaired) electrons. The second-order valence-electron chi connectivity index (χ2n) is 4.28. The van der Waals surface area contributed by atoms with Crippen LogP contribution in [0.2, 0.25) is 0 Å². The fourth-order valence-corrected chi connectivity index (χ4v) is 2.23. The minimum atomic E-state index is -0.0634. The molecule has 0 atom stereocenters. The molecule has 4 heteroatoms.